The van der Waals surface area contributed by atoms with E-state index >= 15 is 0 Å². The van der Waals surface area contributed by atoms with Crippen LogP contribution in [0.5, 0.6) is 0 Å². The molecule has 1 N–H and O–H groups in total. The molecule has 0 saturated carbocycles. The number of hydrogen-bond donors (Lipinski definition) is 1. The lowest BCUT2D eigenvalue weighted by Crippen LogP contribution is -2.18. The van der Waals surface area contributed by atoms with Crippen molar-refractivity contribution in [2.24, 2.45) is 0 Å². The zero-order valence-corrected chi connectivity index (χ0v) is 11.0. The van der Waals surface area contributed by atoms with Crippen molar-refractivity contribution in [3.8, 4) is 6.07 Å². The van der Waals surface area contributed by atoms with Crippen molar-refractivity contribution in [3.63, 3.8) is 0 Å². The van der Waals surface area contributed by atoms with Crippen LogP contribution in [-0.4, -0.2) is 25.3 Å². The Balaban J connectivity index is 2.28. The second-order valence-electron chi connectivity index (χ2n) is 3.87. The van der Waals surface area contributed by atoms with Gasteiger partial charge in [0.25, 0.3) is 0 Å². The highest BCUT2D eigenvalue weighted by atomic mass is 16.6. The van der Waals surface area contributed by atoms with Gasteiger partial charge in [0.15, 0.2) is 0 Å². The van der Waals surface area contributed by atoms with E-state index in [4.69, 9.17) is 14.7 Å². The highest BCUT2D eigenvalue weighted by Crippen LogP contribution is 2.08. The van der Waals surface area contributed by atoms with Gasteiger partial charge >= 0.3 is 12.1 Å². The van der Waals surface area contributed by atoms with Gasteiger partial charge in [-0.15, -0.1) is 0 Å². The number of anilines is 1. The maximum Gasteiger partial charge on any atom is 0.411 e. The van der Waals surface area contributed by atoms with Gasteiger partial charge in [0.05, 0.1) is 11.6 Å². The predicted molar refractivity (Wildman–Crippen MR) is 71.9 cm³/mol. The molecule has 1 amide bonds. The average Bonchev–Trinajstić information content (AvgIpc) is 2.44. The molecular weight excluding hydrogens is 260 g/mol. The largest absolute Gasteiger partial charge is 0.459 e. The Hall–Kier alpha value is -2.81. The third kappa shape index (κ3) is 5.23. The fraction of sp³-hybridized carbons (Fsp3) is 0.214. The van der Waals surface area contributed by atoms with Crippen LogP contribution in [0.1, 0.15) is 12.5 Å². The summed E-state index contributed by atoms with van der Waals surface area (Å²) in [6.45, 7) is 4.86. The molecule has 0 fully saturated rings. The van der Waals surface area contributed by atoms with Crippen LogP contribution in [0.2, 0.25) is 0 Å². The SMILES string of the molecule is C=C(C)C(=O)OCCOC(=O)Nc1ccc(C#N)cc1. The molecule has 1 aromatic rings. The summed E-state index contributed by atoms with van der Waals surface area (Å²) in [4.78, 5) is 22.4. The molecule has 20 heavy (non-hydrogen) atoms. The van der Waals surface area contributed by atoms with E-state index in [0.717, 1.165) is 0 Å². The Morgan fingerprint density at radius 3 is 2.40 bits per heavy atom. The minimum atomic E-state index is -0.666. The first-order chi connectivity index (χ1) is 9.52. The number of carbonyl (C=O) groups is 2. The standard InChI is InChI=1S/C14H14N2O4/c1-10(2)13(17)19-7-8-20-14(18)16-12-5-3-11(9-15)4-6-12/h3-6H,1,7-8H2,2H3,(H,16,18). The van der Waals surface area contributed by atoms with Gasteiger partial charge in [-0.25, -0.2) is 9.59 Å². The van der Waals surface area contributed by atoms with Crippen LogP contribution in [0, 0.1) is 11.3 Å². The first-order valence-electron chi connectivity index (χ1n) is 5.79. The van der Waals surface area contributed by atoms with E-state index in [2.05, 4.69) is 11.9 Å². The number of esters is 1. The number of amides is 1. The summed E-state index contributed by atoms with van der Waals surface area (Å²) in [6.07, 6.45) is -0.666. The van der Waals surface area contributed by atoms with Crippen molar-refractivity contribution in [1.29, 1.82) is 5.26 Å². The van der Waals surface area contributed by atoms with E-state index in [1.807, 2.05) is 6.07 Å². The number of hydrogen-bond acceptors (Lipinski definition) is 5. The fourth-order valence-electron chi connectivity index (χ4n) is 1.17. The van der Waals surface area contributed by atoms with Gasteiger partial charge in [0, 0.05) is 11.3 Å². The number of ether oxygens (including phenoxy) is 2. The van der Waals surface area contributed by atoms with Crippen molar-refractivity contribution < 1.29 is 19.1 Å². The zero-order valence-electron chi connectivity index (χ0n) is 11.0. The number of nitriles is 1. The molecule has 0 aliphatic rings. The molecule has 6 nitrogen and oxygen atoms in total. The van der Waals surface area contributed by atoms with Crippen LogP contribution < -0.4 is 5.32 Å². The van der Waals surface area contributed by atoms with E-state index in [9.17, 15) is 9.59 Å². The Morgan fingerprint density at radius 2 is 1.85 bits per heavy atom. The van der Waals surface area contributed by atoms with E-state index in [0.29, 0.717) is 11.3 Å². The van der Waals surface area contributed by atoms with Gasteiger partial charge in [-0.05, 0) is 31.2 Å². The smallest absolute Gasteiger partial charge is 0.411 e. The Labute approximate surface area is 116 Å². The minimum Gasteiger partial charge on any atom is -0.459 e. The predicted octanol–water partition coefficient (Wildman–Crippen LogP) is 2.23. The van der Waals surface area contributed by atoms with Crippen molar-refractivity contribution >= 4 is 17.7 Å². The number of rotatable bonds is 5. The molecule has 6 heteroatoms. The van der Waals surface area contributed by atoms with E-state index < -0.39 is 12.1 Å². The van der Waals surface area contributed by atoms with E-state index in [1.54, 1.807) is 24.3 Å². The van der Waals surface area contributed by atoms with E-state index in [1.165, 1.54) is 6.92 Å². The lowest BCUT2D eigenvalue weighted by atomic mass is 10.2. The number of nitrogens with zero attached hydrogens (tertiary/aromatic N) is 1. The molecule has 0 aromatic heterocycles. The highest BCUT2D eigenvalue weighted by Gasteiger charge is 2.05. The molecule has 0 spiro atoms. The maximum atomic E-state index is 11.4. The quantitative estimate of drug-likeness (QED) is 0.505. The monoisotopic (exact) mass is 274 g/mol. The van der Waals surface area contributed by atoms with Gasteiger partial charge < -0.3 is 9.47 Å². The molecule has 0 aliphatic heterocycles. The van der Waals surface area contributed by atoms with Crippen LogP contribution in [0.3, 0.4) is 0 Å². The second kappa shape index (κ2) is 7.59. The van der Waals surface area contributed by atoms with Gasteiger partial charge in [0.1, 0.15) is 13.2 Å². The van der Waals surface area contributed by atoms with Crippen molar-refractivity contribution in [2.45, 2.75) is 6.92 Å². The van der Waals surface area contributed by atoms with Gasteiger partial charge in [-0.2, -0.15) is 5.26 Å². The Morgan fingerprint density at radius 1 is 1.25 bits per heavy atom. The summed E-state index contributed by atoms with van der Waals surface area (Å²) in [7, 11) is 0. The third-order valence-corrected chi connectivity index (χ3v) is 2.16. The third-order valence-electron chi connectivity index (χ3n) is 2.16. The van der Waals surface area contributed by atoms with Gasteiger partial charge in [-0.3, -0.25) is 5.32 Å². The average molecular weight is 274 g/mol. The van der Waals surface area contributed by atoms with E-state index in [-0.39, 0.29) is 18.8 Å². The zero-order chi connectivity index (χ0) is 15.0. The molecule has 104 valence electrons. The molecule has 0 aliphatic carbocycles. The highest BCUT2D eigenvalue weighted by molar-refractivity contribution is 5.87. The summed E-state index contributed by atoms with van der Waals surface area (Å²) >= 11 is 0. The summed E-state index contributed by atoms with van der Waals surface area (Å²) in [5, 5.41) is 11.1. The molecule has 1 rings (SSSR count). The number of carbonyl (C=O) groups excluding carboxylic acids is 2. The van der Waals surface area contributed by atoms with Gasteiger partial charge in [0.2, 0.25) is 0 Å². The van der Waals surface area contributed by atoms with Gasteiger partial charge in [-0.1, -0.05) is 6.58 Å². The van der Waals surface area contributed by atoms with Crippen LogP contribution in [0.15, 0.2) is 36.4 Å². The van der Waals surface area contributed by atoms with Crippen LogP contribution in [0.4, 0.5) is 10.5 Å². The molecular formula is C14H14N2O4. The molecule has 0 heterocycles. The Bertz CT molecular complexity index is 543. The second-order valence-corrected chi connectivity index (χ2v) is 3.87. The topological polar surface area (TPSA) is 88.4 Å². The summed E-state index contributed by atoms with van der Waals surface area (Å²) < 4.78 is 9.57. The number of nitrogens with one attached hydrogen (secondary N) is 1. The minimum absolute atomic E-state index is 0.0352. The summed E-state index contributed by atoms with van der Waals surface area (Å²) in [5.41, 5.74) is 1.29. The molecule has 0 unspecified atom stereocenters. The molecule has 0 saturated heterocycles. The fourth-order valence-corrected chi connectivity index (χ4v) is 1.17. The molecule has 1 aromatic carbocycles. The van der Waals surface area contributed by atoms with Crippen molar-refractivity contribution in [3.05, 3.63) is 42.0 Å². The van der Waals surface area contributed by atoms with Crippen LogP contribution in [-0.2, 0) is 14.3 Å². The summed E-state index contributed by atoms with van der Waals surface area (Å²) in [5.74, 6) is -0.527. The summed E-state index contributed by atoms with van der Waals surface area (Å²) in [6, 6.07) is 8.29. The lowest BCUT2D eigenvalue weighted by Gasteiger charge is -2.07. The first-order valence-corrected chi connectivity index (χ1v) is 5.79. The van der Waals surface area contributed by atoms with Crippen molar-refractivity contribution in [1.82, 2.24) is 0 Å². The van der Waals surface area contributed by atoms with Crippen LogP contribution >= 0.6 is 0 Å². The van der Waals surface area contributed by atoms with Crippen LogP contribution in [0.25, 0.3) is 0 Å². The maximum absolute atomic E-state index is 11.4. The molecule has 0 atom stereocenters. The lowest BCUT2D eigenvalue weighted by molar-refractivity contribution is -0.139. The first kappa shape index (κ1) is 15.2. The molecule has 0 bridgehead atoms. The Kier molecular flexibility index (Phi) is 5.78. The van der Waals surface area contributed by atoms with Crippen molar-refractivity contribution in [2.75, 3.05) is 18.5 Å². The molecule has 0 radical (unpaired) electrons. The number of benzene rings is 1. The normalized spacial score (nSPS) is 9.20.